The number of aliphatic hydroxyl groups is 7. The van der Waals surface area contributed by atoms with E-state index < -0.39 is 107 Å². The number of alkyl halides is 1. The summed E-state index contributed by atoms with van der Waals surface area (Å²) in [4.78, 5) is 40.4. The fourth-order valence-electron chi connectivity index (χ4n) is 13.3. The van der Waals surface area contributed by atoms with Crippen LogP contribution in [0.4, 0.5) is 0 Å². The molecule has 1 amide bonds. The maximum atomic E-state index is 11.1. The van der Waals surface area contributed by atoms with Crippen LogP contribution < -0.4 is 28.3 Å². The Hall–Kier alpha value is -5.34. The predicted molar refractivity (Wildman–Crippen MR) is 469 cm³/mol. The first kappa shape index (κ1) is 91.8. The Kier molecular flexibility index (Phi) is 31.3. The molecule has 0 aromatic rings. The normalized spacial score (nSPS) is 32.8. The first-order valence-electron chi connectivity index (χ1n) is 36.5. The molecule has 0 radical (unpaired) electrons. The molecule has 0 aromatic carbocycles. The van der Waals surface area contributed by atoms with Gasteiger partial charge in [0, 0.05) is 49.4 Å². The average molecular weight is 1690 g/mol. The molecular formula is C76H125BrN15O13P5. The second kappa shape index (κ2) is 37.5. The van der Waals surface area contributed by atoms with Gasteiger partial charge < -0.3 is 112 Å². The van der Waals surface area contributed by atoms with Gasteiger partial charge in [-0.2, -0.15) is 0 Å². The van der Waals surface area contributed by atoms with Gasteiger partial charge in [-0.1, -0.05) is 61.8 Å². The quantitative estimate of drug-likeness (QED) is 0.0424. The molecule has 0 saturated carbocycles. The van der Waals surface area contributed by atoms with E-state index in [0.717, 1.165) is 67.6 Å². The van der Waals surface area contributed by atoms with Crippen LogP contribution in [0.5, 0.6) is 0 Å². The Balaban J connectivity index is 0.000000191. The summed E-state index contributed by atoms with van der Waals surface area (Å²) in [6.45, 7) is 41.0. The Morgan fingerprint density at radius 3 is 1.46 bits per heavy atom. The van der Waals surface area contributed by atoms with Crippen molar-refractivity contribution >= 4 is 117 Å². The van der Waals surface area contributed by atoms with Crippen LogP contribution in [-0.4, -0.2) is 339 Å². The molecule has 0 spiro atoms. The Labute approximate surface area is 661 Å². The van der Waals surface area contributed by atoms with Crippen LogP contribution in [0.15, 0.2) is 159 Å². The number of ether oxygens (including phenoxy) is 5. The Morgan fingerprint density at radius 2 is 0.982 bits per heavy atom. The number of hydrogen-bond acceptors (Lipinski definition) is 27. The zero-order valence-electron chi connectivity index (χ0n) is 66.5. The zero-order valence-corrected chi connectivity index (χ0v) is 72.5. The lowest BCUT2D eigenvalue weighted by Gasteiger charge is -2.37. The van der Waals surface area contributed by atoms with E-state index in [-0.39, 0.29) is 47.4 Å². The molecule has 2 bridgehead atoms. The summed E-state index contributed by atoms with van der Waals surface area (Å²) in [6.07, 6.45) is 38.5. The molecular weight excluding hydrogens is 1570 g/mol. The van der Waals surface area contributed by atoms with Gasteiger partial charge in [0.1, 0.15) is 107 Å². The number of aliphatic hydroxyl groups excluding tert-OH is 7. The number of fused-ring (bicyclic) bond motifs is 2. The van der Waals surface area contributed by atoms with E-state index in [1.165, 1.54) is 6.92 Å². The third kappa shape index (κ3) is 24.8. The van der Waals surface area contributed by atoms with Crippen LogP contribution in [-0.2, 0) is 28.5 Å². The zero-order chi connectivity index (χ0) is 82.4. The molecule has 11 aliphatic rings. The van der Waals surface area contributed by atoms with Gasteiger partial charge in [-0.05, 0) is 166 Å². The minimum atomic E-state index is -1.23. The lowest BCUT2D eigenvalue weighted by atomic mass is 9.96. The van der Waals surface area contributed by atoms with Crippen LogP contribution in [0.25, 0.3) is 0 Å². The van der Waals surface area contributed by atoms with Crippen molar-refractivity contribution in [3.05, 3.63) is 135 Å². The maximum absolute atomic E-state index is 11.1. The molecule has 110 heavy (non-hydrogen) atoms. The van der Waals surface area contributed by atoms with Gasteiger partial charge in [0.2, 0.25) is 5.91 Å². The molecule has 11 rings (SSSR count). The van der Waals surface area contributed by atoms with Crippen molar-refractivity contribution in [3.63, 3.8) is 0 Å². The number of carbonyl (C=O) groups excluding carboxylic acids is 1. The SMILES string of the molecule is C=C1N=C(N)C(C)=CN1[C@@H]1O[C@@]2(CCP(=C)(C)C)CO[C@@H]1[C@@H]2O.C=C1N=C(N)C=CN1[C@@H]1C=C(CCP(=C)(C)C)[C@@H](O)[C@H]1O.C=C1N=C(N)C=CN1[C@@H]1O[C@H](CCP(=C)(C)C)[C@@H](O)[C@H]1Br.C=C1N=C(N)C=CN1[C@@H]1O[C@H](CCP(=C)(C)C)[C@@H](O)[C@H]1C.C=C1N=C(NC(C)=O)C=CN1[C@@H]1O[C@H](CCP(=C)(C)C)[C@@H](O)[C@H]1O. The first-order valence-corrected chi connectivity index (χ1v) is 52.7. The van der Waals surface area contributed by atoms with Crippen molar-refractivity contribution in [1.29, 1.82) is 0 Å². The van der Waals surface area contributed by atoms with Gasteiger partial charge in [-0.25, -0.2) is 25.0 Å². The lowest BCUT2D eigenvalue weighted by Crippen LogP contribution is -2.46. The Morgan fingerprint density at radius 1 is 0.555 bits per heavy atom. The number of nitrogens with one attached hydrogen (secondary N) is 1. The summed E-state index contributed by atoms with van der Waals surface area (Å²) < 4.78 is 30.1. The van der Waals surface area contributed by atoms with E-state index in [1.54, 1.807) is 57.6 Å². The maximum Gasteiger partial charge on any atom is 0.222 e. The van der Waals surface area contributed by atoms with Gasteiger partial charge in [-0.3, -0.25) is 4.79 Å². The molecule has 0 unspecified atom stereocenters. The lowest BCUT2D eigenvalue weighted by molar-refractivity contribution is -0.181. The average Bonchev–Trinajstić information content (AvgIpc) is 1.57. The largest absolute Gasteiger partial charge is 0.390 e. The van der Waals surface area contributed by atoms with Crippen molar-refractivity contribution in [2.75, 3.05) is 104 Å². The molecule has 10 aliphatic heterocycles. The number of halogens is 1. The number of nitrogens with zero attached hydrogens (tertiary/aromatic N) is 10. The number of nitrogens with two attached hydrogens (primary N) is 4. The molecule has 16 N–H and O–H groups in total. The standard InChI is InChI=1S/C16H26N3O4P.C16H26N3O3P.C15H26N3O2P.C15H24N3O2P.C14H23BrN3O2P/c1-10-17-13(18-11(2)20)6-8-19(10)16-15(22)14(21)12(23-16)7-9-24(3,4)5;1-10-8-19(11(2)18-14(10)17)15-12-13(20)16(22-15,9-21-12)6-7-23(3,4)5;1-10-14(19)12(7-9-21(3,4)5)20-15(10)18-8-6-13(16)17-11(18)2;1-10-17-13(16)5-7-18(10)12-9-11(14(19)15(12)20)6-8-21(2,3)4;1-9-17-11(16)5-7-18(9)14-12(15)13(19)10(20-14)6-8-21(2,3)4/h6,8,12,14-16,21-22H,1,3,7,9H2,2,4-5H3,(H,17,18,20);8,12-13,15,20H,2-3,6-7,9H2,1,4-5H3,(H2,17,18);6,8,10,12,14-15,19H,2-3,7,9H2,1,4-5H3,(H2,16,17);5,7,9,12,14-15,19-20H,1-2,6,8H2,3-4H3,(H2,16,17);5,7,10,12-14,19H,1-2,6,8H2,3-4H3,(H2,16,17)/t12-,14-,15-,16-;12-,13+,15-,16+;10-,12-,14+,15-;12-,14-,15+;10-,12-,13-,14-/m11111/s1. The number of amidine groups is 5. The predicted octanol–water partition coefficient (Wildman–Crippen LogP) is 5.19. The molecule has 5 saturated heterocycles. The summed E-state index contributed by atoms with van der Waals surface area (Å²) in [5.41, 5.74) is 23.8. The van der Waals surface area contributed by atoms with Gasteiger partial charge in [0.25, 0.3) is 0 Å². The topological polar surface area (TPSA) is 399 Å². The van der Waals surface area contributed by atoms with E-state index >= 15 is 0 Å². The highest BCUT2D eigenvalue weighted by Crippen LogP contribution is 2.49. The molecule has 1 aliphatic carbocycles. The van der Waals surface area contributed by atoms with Crippen LogP contribution >= 0.6 is 50.4 Å². The minimum absolute atomic E-state index is 0.0165. The van der Waals surface area contributed by atoms with Crippen LogP contribution in [0.2, 0.25) is 0 Å². The highest BCUT2D eigenvalue weighted by Gasteiger charge is 2.62. The Bertz CT molecular complexity index is 3980. The fourth-order valence-corrected chi connectivity index (χ4v) is 18.8. The smallest absolute Gasteiger partial charge is 0.222 e. The van der Waals surface area contributed by atoms with Crippen molar-refractivity contribution in [2.45, 2.75) is 161 Å². The number of aliphatic imine (C=N–C) groups is 5. The van der Waals surface area contributed by atoms with Gasteiger partial charge >= 0.3 is 0 Å². The van der Waals surface area contributed by atoms with E-state index in [0.29, 0.717) is 71.3 Å². The van der Waals surface area contributed by atoms with E-state index in [1.807, 2.05) is 42.1 Å². The van der Waals surface area contributed by atoms with Crippen molar-refractivity contribution < 1.29 is 64.2 Å². The third-order valence-electron chi connectivity index (χ3n) is 19.8. The summed E-state index contributed by atoms with van der Waals surface area (Å²) >= 11 is 3.53. The minimum Gasteiger partial charge on any atom is -0.390 e. The number of carbonyl (C=O) groups is 1. The van der Waals surface area contributed by atoms with Crippen LogP contribution in [0, 0.1) is 5.92 Å². The van der Waals surface area contributed by atoms with Crippen molar-refractivity contribution in [1.82, 2.24) is 29.8 Å². The van der Waals surface area contributed by atoms with Gasteiger partial charge in [-0.15, -0.1) is 65.9 Å². The summed E-state index contributed by atoms with van der Waals surface area (Å²) in [5, 5.41) is 75.1. The summed E-state index contributed by atoms with van der Waals surface area (Å²) in [6, 6.07) is -0.359. The summed E-state index contributed by atoms with van der Waals surface area (Å²) in [5.74, 6) is 4.17. The highest BCUT2D eigenvalue weighted by molar-refractivity contribution is 9.09. The molecule has 34 heteroatoms. The van der Waals surface area contributed by atoms with Crippen LogP contribution in [0.3, 0.4) is 0 Å². The number of rotatable bonds is 20. The fraction of sp³-hybridized carbons (Fsp3) is 0.566. The molecule has 19 atom stereocenters. The second-order valence-corrected chi connectivity index (χ2v) is 55.7. The highest BCUT2D eigenvalue weighted by atomic mass is 79.9. The van der Waals surface area contributed by atoms with Crippen LogP contribution in [0.1, 0.15) is 52.9 Å². The van der Waals surface area contributed by atoms with Gasteiger partial charge in [0.15, 0.2) is 18.7 Å². The molecule has 0 aromatic heterocycles. The van der Waals surface area contributed by atoms with E-state index in [9.17, 15) is 40.5 Å². The number of amides is 1. The second-order valence-electron chi connectivity index (χ2n) is 33.1. The molecule has 614 valence electrons. The third-order valence-corrected chi connectivity index (χ3v) is 28.1. The summed E-state index contributed by atoms with van der Waals surface area (Å²) in [7, 11) is 0. The van der Waals surface area contributed by atoms with E-state index in [2.05, 4.69) is 177 Å². The van der Waals surface area contributed by atoms with Crippen molar-refractivity contribution in [3.8, 4) is 0 Å². The molecule has 10 heterocycles. The first-order chi connectivity index (χ1) is 50.8. The molecule has 5 fully saturated rings. The van der Waals surface area contributed by atoms with Gasteiger partial charge in [0.05, 0.1) is 48.0 Å². The monoisotopic (exact) mass is 1690 g/mol. The van der Waals surface area contributed by atoms with E-state index in [4.69, 9.17) is 46.6 Å². The number of hydrogen-bond donors (Lipinski definition) is 12. The van der Waals surface area contributed by atoms with Crippen molar-refractivity contribution in [2.24, 2.45) is 53.8 Å². The molecule has 28 nitrogen and oxygen atoms in total.